The summed E-state index contributed by atoms with van der Waals surface area (Å²) in [5.41, 5.74) is 2.15. The van der Waals surface area contributed by atoms with E-state index >= 15 is 0 Å². The van der Waals surface area contributed by atoms with Gasteiger partial charge in [-0.05, 0) is 19.1 Å². The zero-order valence-electron chi connectivity index (χ0n) is 9.57. The first-order valence-electron chi connectivity index (χ1n) is 4.73. The lowest BCUT2D eigenvalue weighted by Crippen LogP contribution is -2.43. The lowest BCUT2D eigenvalue weighted by atomic mass is 9.93. The van der Waals surface area contributed by atoms with E-state index in [-0.39, 0.29) is 0 Å². The SMILES string of the molecule is COc1ccc(C(C)(C#N)NN)c(OC)c1. The second kappa shape index (κ2) is 4.84. The van der Waals surface area contributed by atoms with Crippen LogP contribution in [0, 0.1) is 11.3 Å². The number of nitrogens with two attached hydrogens (primary N) is 1. The fraction of sp³-hybridized carbons (Fsp3) is 0.364. The van der Waals surface area contributed by atoms with Gasteiger partial charge in [-0.15, -0.1) is 0 Å². The number of hydrogen-bond acceptors (Lipinski definition) is 5. The van der Waals surface area contributed by atoms with Crippen LogP contribution in [-0.4, -0.2) is 14.2 Å². The number of rotatable bonds is 4. The molecule has 0 radical (unpaired) electrons. The molecule has 0 spiro atoms. The Kier molecular flexibility index (Phi) is 3.72. The zero-order chi connectivity index (χ0) is 12.2. The summed E-state index contributed by atoms with van der Waals surface area (Å²) in [6.07, 6.45) is 0. The van der Waals surface area contributed by atoms with Gasteiger partial charge in [0.05, 0.1) is 20.3 Å². The molecule has 1 aromatic rings. The topological polar surface area (TPSA) is 80.3 Å². The van der Waals surface area contributed by atoms with Crippen molar-refractivity contribution in [3.8, 4) is 17.6 Å². The second-order valence-corrected chi connectivity index (χ2v) is 3.45. The molecule has 0 saturated carbocycles. The molecule has 5 nitrogen and oxygen atoms in total. The molecule has 3 N–H and O–H groups in total. The number of nitrogens with zero attached hydrogens (tertiary/aromatic N) is 1. The van der Waals surface area contributed by atoms with Crippen LogP contribution in [0.1, 0.15) is 12.5 Å². The Morgan fingerprint density at radius 2 is 2.06 bits per heavy atom. The first kappa shape index (κ1) is 12.3. The van der Waals surface area contributed by atoms with Crippen LogP contribution in [0.15, 0.2) is 18.2 Å². The summed E-state index contributed by atoms with van der Waals surface area (Å²) in [5.74, 6) is 6.61. The van der Waals surface area contributed by atoms with E-state index in [1.807, 2.05) is 0 Å². The van der Waals surface area contributed by atoms with Gasteiger partial charge < -0.3 is 9.47 Å². The highest BCUT2D eigenvalue weighted by molar-refractivity contribution is 5.46. The Labute approximate surface area is 94.7 Å². The van der Waals surface area contributed by atoms with E-state index in [1.54, 1.807) is 32.2 Å². The molecule has 0 aromatic heterocycles. The van der Waals surface area contributed by atoms with E-state index in [1.165, 1.54) is 7.11 Å². The third-order valence-electron chi connectivity index (χ3n) is 2.46. The van der Waals surface area contributed by atoms with Crippen molar-refractivity contribution >= 4 is 0 Å². The average Bonchev–Trinajstić information content (AvgIpc) is 2.37. The minimum atomic E-state index is -0.988. The lowest BCUT2D eigenvalue weighted by Gasteiger charge is -2.23. The second-order valence-electron chi connectivity index (χ2n) is 3.45. The number of nitriles is 1. The monoisotopic (exact) mass is 221 g/mol. The highest BCUT2D eigenvalue weighted by Crippen LogP contribution is 2.32. The summed E-state index contributed by atoms with van der Waals surface area (Å²) < 4.78 is 10.3. The third-order valence-corrected chi connectivity index (χ3v) is 2.46. The van der Waals surface area contributed by atoms with Gasteiger partial charge >= 0.3 is 0 Å². The Bertz CT molecular complexity index is 414. The number of hydrogen-bond donors (Lipinski definition) is 2. The van der Waals surface area contributed by atoms with Crippen LogP contribution in [0.4, 0.5) is 0 Å². The lowest BCUT2D eigenvalue weighted by molar-refractivity contribution is 0.375. The summed E-state index contributed by atoms with van der Waals surface area (Å²) in [5, 5.41) is 9.11. The number of methoxy groups -OCH3 is 2. The van der Waals surface area contributed by atoms with Crippen LogP contribution < -0.4 is 20.7 Å². The normalized spacial score (nSPS) is 13.7. The van der Waals surface area contributed by atoms with E-state index in [2.05, 4.69) is 11.5 Å². The minimum Gasteiger partial charge on any atom is -0.497 e. The van der Waals surface area contributed by atoms with Gasteiger partial charge in [-0.3, -0.25) is 5.84 Å². The highest BCUT2D eigenvalue weighted by Gasteiger charge is 2.28. The average molecular weight is 221 g/mol. The molecule has 5 heteroatoms. The van der Waals surface area contributed by atoms with E-state index in [4.69, 9.17) is 20.6 Å². The van der Waals surface area contributed by atoms with Crippen molar-refractivity contribution in [1.29, 1.82) is 5.26 Å². The molecule has 86 valence electrons. The fourth-order valence-corrected chi connectivity index (χ4v) is 1.38. The Hall–Kier alpha value is -1.77. The third kappa shape index (κ3) is 2.08. The molecule has 0 heterocycles. The van der Waals surface area contributed by atoms with Gasteiger partial charge in [-0.25, -0.2) is 5.43 Å². The Morgan fingerprint density at radius 1 is 1.38 bits per heavy atom. The van der Waals surface area contributed by atoms with Crippen molar-refractivity contribution in [2.75, 3.05) is 14.2 Å². The summed E-state index contributed by atoms with van der Waals surface area (Å²) >= 11 is 0. The highest BCUT2D eigenvalue weighted by atomic mass is 16.5. The molecule has 1 atom stereocenters. The fourth-order valence-electron chi connectivity index (χ4n) is 1.38. The molecule has 0 aliphatic heterocycles. The van der Waals surface area contributed by atoms with Crippen molar-refractivity contribution in [1.82, 2.24) is 5.43 Å². The Balaban J connectivity index is 3.29. The zero-order valence-corrected chi connectivity index (χ0v) is 9.57. The van der Waals surface area contributed by atoms with Gasteiger partial charge in [0.25, 0.3) is 0 Å². The van der Waals surface area contributed by atoms with Crippen LogP contribution in [0.25, 0.3) is 0 Å². The van der Waals surface area contributed by atoms with Gasteiger partial charge in [0.1, 0.15) is 17.0 Å². The maximum atomic E-state index is 9.11. The number of benzene rings is 1. The van der Waals surface area contributed by atoms with Crippen LogP contribution in [0.3, 0.4) is 0 Å². The Morgan fingerprint density at radius 3 is 2.50 bits per heavy atom. The van der Waals surface area contributed by atoms with Crippen molar-refractivity contribution < 1.29 is 9.47 Å². The summed E-state index contributed by atoms with van der Waals surface area (Å²) in [4.78, 5) is 0. The molecule has 0 aliphatic carbocycles. The molecule has 0 bridgehead atoms. The molecular weight excluding hydrogens is 206 g/mol. The van der Waals surface area contributed by atoms with Crippen LogP contribution in [0.5, 0.6) is 11.5 Å². The summed E-state index contributed by atoms with van der Waals surface area (Å²) in [6, 6.07) is 7.32. The van der Waals surface area contributed by atoms with Crippen molar-refractivity contribution in [2.45, 2.75) is 12.5 Å². The number of nitrogens with one attached hydrogen (secondary N) is 1. The van der Waals surface area contributed by atoms with Gasteiger partial charge in [0.15, 0.2) is 0 Å². The van der Waals surface area contributed by atoms with Gasteiger partial charge in [-0.2, -0.15) is 5.26 Å². The summed E-state index contributed by atoms with van der Waals surface area (Å²) in [6.45, 7) is 1.68. The van der Waals surface area contributed by atoms with Crippen LogP contribution >= 0.6 is 0 Å². The summed E-state index contributed by atoms with van der Waals surface area (Å²) in [7, 11) is 3.10. The van der Waals surface area contributed by atoms with Crippen molar-refractivity contribution in [3.05, 3.63) is 23.8 Å². The molecule has 0 saturated heterocycles. The quantitative estimate of drug-likeness (QED) is 0.583. The van der Waals surface area contributed by atoms with E-state index in [0.717, 1.165) is 0 Å². The molecule has 0 amide bonds. The molecule has 1 unspecified atom stereocenters. The molecular formula is C11H15N3O2. The first-order valence-corrected chi connectivity index (χ1v) is 4.73. The molecule has 0 aliphatic rings. The maximum absolute atomic E-state index is 9.11. The van der Waals surface area contributed by atoms with Crippen molar-refractivity contribution in [2.24, 2.45) is 5.84 Å². The smallest absolute Gasteiger partial charge is 0.145 e. The predicted molar refractivity (Wildman–Crippen MR) is 59.8 cm³/mol. The van der Waals surface area contributed by atoms with Gasteiger partial charge in [-0.1, -0.05) is 0 Å². The number of ether oxygens (including phenoxy) is 2. The predicted octanol–water partition coefficient (Wildman–Crippen LogP) is 0.906. The minimum absolute atomic E-state index is 0.557. The van der Waals surface area contributed by atoms with Crippen molar-refractivity contribution in [3.63, 3.8) is 0 Å². The molecule has 1 rings (SSSR count). The standard InChI is InChI=1S/C11H15N3O2/c1-11(7-12,14-13)9-5-4-8(15-2)6-10(9)16-3/h4-6,14H,13H2,1-3H3. The van der Waals surface area contributed by atoms with E-state index in [9.17, 15) is 0 Å². The molecule has 16 heavy (non-hydrogen) atoms. The maximum Gasteiger partial charge on any atom is 0.145 e. The number of hydrazine groups is 1. The van der Waals surface area contributed by atoms with Crippen LogP contribution in [-0.2, 0) is 5.54 Å². The largest absolute Gasteiger partial charge is 0.497 e. The van der Waals surface area contributed by atoms with Gasteiger partial charge in [0.2, 0.25) is 0 Å². The molecule has 1 aromatic carbocycles. The van der Waals surface area contributed by atoms with E-state index in [0.29, 0.717) is 17.1 Å². The first-order chi connectivity index (χ1) is 7.61. The van der Waals surface area contributed by atoms with Gasteiger partial charge in [0, 0.05) is 11.6 Å². The molecule has 0 fully saturated rings. The van der Waals surface area contributed by atoms with Crippen LogP contribution in [0.2, 0.25) is 0 Å². The van der Waals surface area contributed by atoms with E-state index < -0.39 is 5.54 Å².